The first-order chi connectivity index (χ1) is 6.25. The molecule has 1 aliphatic rings. The molecule has 0 spiro atoms. The average Bonchev–Trinajstić information content (AvgIpc) is 2.44. The highest BCUT2D eigenvalue weighted by molar-refractivity contribution is 5.75. The number of hydrogen-bond donors (Lipinski definition) is 1. The molecule has 1 aromatic carbocycles. The van der Waals surface area contributed by atoms with E-state index in [2.05, 4.69) is 11.4 Å². The van der Waals surface area contributed by atoms with Crippen LogP contribution in [0.2, 0.25) is 0 Å². The van der Waals surface area contributed by atoms with Crippen LogP contribution in [0.3, 0.4) is 0 Å². The zero-order valence-corrected chi connectivity index (χ0v) is 7.21. The Kier molecular flexibility index (Phi) is 1.93. The molecule has 67 valence electrons. The number of benzene rings is 1. The molecule has 1 atom stereocenters. The summed E-state index contributed by atoms with van der Waals surface area (Å²) in [5.41, 5.74) is 9.22. The van der Waals surface area contributed by atoms with E-state index in [9.17, 15) is 4.79 Å². The van der Waals surface area contributed by atoms with Gasteiger partial charge in [-0.1, -0.05) is 18.2 Å². The van der Waals surface area contributed by atoms with Crippen LogP contribution in [0.5, 0.6) is 0 Å². The van der Waals surface area contributed by atoms with Gasteiger partial charge in [0.1, 0.15) is 0 Å². The van der Waals surface area contributed by atoms with Crippen LogP contribution >= 0.6 is 0 Å². The molecule has 1 amide bonds. The number of carbonyl (C=O) groups excluding carboxylic acids is 1. The number of fused-ring (bicyclic) bond motifs is 1. The van der Waals surface area contributed by atoms with Crippen molar-refractivity contribution >= 4 is 11.6 Å². The van der Waals surface area contributed by atoms with Crippen molar-refractivity contribution in [2.45, 2.75) is 18.9 Å². The predicted molar refractivity (Wildman–Crippen MR) is 50.3 cm³/mol. The molecule has 1 aromatic rings. The molecule has 2 N–H and O–H groups in total. The number of para-hydroxylation sites is 1. The van der Waals surface area contributed by atoms with Crippen LogP contribution in [-0.2, 0) is 11.2 Å². The van der Waals surface area contributed by atoms with Gasteiger partial charge in [0.05, 0.1) is 0 Å². The summed E-state index contributed by atoms with van der Waals surface area (Å²) in [5, 5.41) is 3.22. The molecule has 0 aromatic heterocycles. The molecule has 2 rings (SSSR count). The van der Waals surface area contributed by atoms with Gasteiger partial charge in [0.15, 0.2) is 0 Å². The molecule has 3 heteroatoms. The lowest BCUT2D eigenvalue weighted by molar-refractivity contribution is -0.118. The second-order valence-electron chi connectivity index (χ2n) is 3.33. The van der Waals surface area contributed by atoms with Gasteiger partial charge in [0, 0.05) is 18.2 Å². The highest BCUT2D eigenvalue weighted by Crippen LogP contribution is 2.26. The van der Waals surface area contributed by atoms with E-state index in [0.717, 1.165) is 12.1 Å². The summed E-state index contributed by atoms with van der Waals surface area (Å²) in [7, 11) is 0. The minimum atomic E-state index is -0.495. The van der Waals surface area contributed by atoms with Crippen LogP contribution in [-0.4, -0.2) is 11.9 Å². The lowest BCUT2D eigenvalue weighted by atomic mass is 10.1. The molecule has 13 heavy (non-hydrogen) atoms. The smallest absolute Gasteiger partial charge is 0.240 e. The van der Waals surface area contributed by atoms with Crippen molar-refractivity contribution in [2.24, 2.45) is 0 Å². The molecule has 3 nitrogen and oxygen atoms in total. The Hall–Kier alpha value is -1.51. The van der Waals surface area contributed by atoms with E-state index in [-0.39, 0.29) is 6.04 Å². The van der Waals surface area contributed by atoms with Gasteiger partial charge >= 0.3 is 0 Å². The van der Waals surface area contributed by atoms with Gasteiger partial charge in [-0.3, -0.25) is 10.5 Å². The van der Waals surface area contributed by atoms with Gasteiger partial charge in [0.2, 0.25) is 5.91 Å². The maximum atomic E-state index is 10.6. The Balaban J connectivity index is 2.09. The van der Waals surface area contributed by atoms with E-state index in [1.165, 1.54) is 5.56 Å². The van der Waals surface area contributed by atoms with Crippen LogP contribution < -0.4 is 11.1 Å². The SMILES string of the molecule is [NH]C(=O)CC1Cc2ccccc2N1. The lowest BCUT2D eigenvalue weighted by Crippen LogP contribution is -2.20. The molecule has 0 saturated heterocycles. The Labute approximate surface area is 76.9 Å². The zero-order valence-electron chi connectivity index (χ0n) is 7.21. The van der Waals surface area contributed by atoms with Gasteiger partial charge in [-0.05, 0) is 18.1 Å². The van der Waals surface area contributed by atoms with Crippen molar-refractivity contribution in [3.63, 3.8) is 0 Å². The monoisotopic (exact) mass is 175 g/mol. The van der Waals surface area contributed by atoms with E-state index < -0.39 is 5.91 Å². The molecule has 1 radical (unpaired) electrons. The highest BCUT2D eigenvalue weighted by atomic mass is 16.1. The van der Waals surface area contributed by atoms with E-state index in [4.69, 9.17) is 5.73 Å². The average molecular weight is 175 g/mol. The fourth-order valence-electron chi connectivity index (χ4n) is 1.72. The maximum Gasteiger partial charge on any atom is 0.240 e. The topological polar surface area (TPSA) is 52.9 Å². The molecular weight excluding hydrogens is 164 g/mol. The molecule has 1 unspecified atom stereocenters. The van der Waals surface area contributed by atoms with E-state index in [0.29, 0.717) is 6.42 Å². The molecule has 1 aliphatic heterocycles. The molecule has 1 heterocycles. The zero-order chi connectivity index (χ0) is 9.26. The Bertz CT molecular complexity index is 310. The van der Waals surface area contributed by atoms with Gasteiger partial charge in [-0.25, -0.2) is 0 Å². The Morgan fingerprint density at radius 3 is 3.00 bits per heavy atom. The lowest BCUT2D eigenvalue weighted by Gasteiger charge is -2.06. The third kappa shape index (κ3) is 1.64. The van der Waals surface area contributed by atoms with Crippen LogP contribution in [0.1, 0.15) is 12.0 Å². The first-order valence-corrected chi connectivity index (χ1v) is 4.34. The quantitative estimate of drug-likeness (QED) is 0.734. The molecular formula is C10H11N2O. The highest BCUT2D eigenvalue weighted by Gasteiger charge is 2.21. The molecule has 0 bridgehead atoms. The van der Waals surface area contributed by atoms with Crippen molar-refractivity contribution in [3.8, 4) is 0 Å². The van der Waals surface area contributed by atoms with Crippen molar-refractivity contribution in [3.05, 3.63) is 29.8 Å². The molecule has 0 aliphatic carbocycles. The number of hydrogen-bond acceptors (Lipinski definition) is 2. The number of carbonyl (C=O) groups is 1. The summed E-state index contributed by atoms with van der Waals surface area (Å²) in [6.07, 6.45) is 1.16. The van der Waals surface area contributed by atoms with Gasteiger partial charge in [-0.15, -0.1) is 0 Å². The van der Waals surface area contributed by atoms with E-state index in [1.54, 1.807) is 0 Å². The fraction of sp³-hybridized carbons (Fsp3) is 0.300. The maximum absolute atomic E-state index is 10.6. The summed E-state index contributed by atoms with van der Waals surface area (Å²) in [5.74, 6) is -0.495. The van der Waals surface area contributed by atoms with Gasteiger partial charge in [-0.2, -0.15) is 0 Å². The summed E-state index contributed by atoms with van der Waals surface area (Å²) in [6, 6.07) is 8.14. The van der Waals surface area contributed by atoms with Crippen LogP contribution in [0.15, 0.2) is 24.3 Å². The summed E-state index contributed by atoms with van der Waals surface area (Å²) < 4.78 is 0. The van der Waals surface area contributed by atoms with Crippen LogP contribution in [0.4, 0.5) is 5.69 Å². The minimum absolute atomic E-state index is 0.127. The van der Waals surface area contributed by atoms with Gasteiger partial charge < -0.3 is 5.32 Å². The van der Waals surface area contributed by atoms with Crippen LogP contribution in [0, 0.1) is 0 Å². The third-order valence-corrected chi connectivity index (χ3v) is 2.28. The second kappa shape index (κ2) is 3.09. The van der Waals surface area contributed by atoms with Crippen molar-refractivity contribution in [1.82, 2.24) is 5.73 Å². The number of amides is 1. The molecule has 0 saturated carbocycles. The number of anilines is 1. The fourth-order valence-corrected chi connectivity index (χ4v) is 1.72. The summed E-state index contributed by atoms with van der Waals surface area (Å²) >= 11 is 0. The van der Waals surface area contributed by atoms with E-state index >= 15 is 0 Å². The first kappa shape index (κ1) is 8.10. The molecule has 0 fully saturated rings. The second-order valence-corrected chi connectivity index (χ2v) is 3.33. The minimum Gasteiger partial charge on any atom is -0.381 e. The van der Waals surface area contributed by atoms with Crippen LogP contribution in [0.25, 0.3) is 0 Å². The van der Waals surface area contributed by atoms with Crippen molar-refractivity contribution in [1.29, 1.82) is 0 Å². The Morgan fingerprint density at radius 2 is 2.31 bits per heavy atom. The normalized spacial score (nSPS) is 19.2. The summed E-state index contributed by atoms with van der Waals surface area (Å²) in [4.78, 5) is 10.6. The number of nitrogens with one attached hydrogen (secondary N) is 2. The van der Waals surface area contributed by atoms with Crippen molar-refractivity contribution in [2.75, 3.05) is 5.32 Å². The van der Waals surface area contributed by atoms with Gasteiger partial charge in [0.25, 0.3) is 0 Å². The first-order valence-electron chi connectivity index (χ1n) is 4.34. The number of rotatable bonds is 2. The standard InChI is InChI=1S/C10H11N2O/c11-10(13)6-8-5-7-3-1-2-4-9(7)12-8/h1-4,8,11-12H,5-6H2. The predicted octanol–water partition coefficient (Wildman–Crippen LogP) is 1.22. The summed E-state index contributed by atoms with van der Waals surface area (Å²) in [6.45, 7) is 0. The third-order valence-electron chi connectivity index (χ3n) is 2.28. The van der Waals surface area contributed by atoms with E-state index in [1.807, 2.05) is 18.2 Å². The van der Waals surface area contributed by atoms with Crippen molar-refractivity contribution < 1.29 is 4.79 Å². The largest absolute Gasteiger partial charge is 0.381 e. The Morgan fingerprint density at radius 1 is 1.54 bits per heavy atom.